The number of ether oxygens (including phenoxy) is 1. The number of piperidine rings is 2. The van der Waals surface area contributed by atoms with Crippen molar-refractivity contribution in [3.63, 3.8) is 0 Å². The Hall–Kier alpha value is -3.51. The summed E-state index contributed by atoms with van der Waals surface area (Å²) in [5, 5.41) is 15.2. The lowest BCUT2D eigenvalue weighted by Crippen LogP contribution is -2.40. The first-order valence-electron chi connectivity index (χ1n) is 13.9. The fourth-order valence-electron chi connectivity index (χ4n) is 5.08. The topological polar surface area (TPSA) is 118 Å². The van der Waals surface area contributed by atoms with E-state index in [4.69, 9.17) is 4.74 Å². The summed E-state index contributed by atoms with van der Waals surface area (Å²) >= 11 is 1.63. The van der Waals surface area contributed by atoms with Gasteiger partial charge in [0.25, 0.3) is 5.91 Å². The molecule has 5 rings (SSSR count). The number of hydrogen-bond acceptors (Lipinski definition) is 9. The zero-order chi connectivity index (χ0) is 27.9. The third-order valence-electron chi connectivity index (χ3n) is 7.63. The number of nitrogens with zero attached hydrogens (tertiary/aromatic N) is 7. The first kappa shape index (κ1) is 28.0. The van der Waals surface area contributed by atoms with Crippen molar-refractivity contribution in [3.05, 3.63) is 53.7 Å². The van der Waals surface area contributed by atoms with Crippen LogP contribution < -0.4 is 10.1 Å². The summed E-state index contributed by atoms with van der Waals surface area (Å²) in [5.74, 6) is 1.39. The molecule has 2 saturated heterocycles. The minimum absolute atomic E-state index is 0.201. The average Bonchev–Trinajstić information content (AvgIpc) is 3.39. The van der Waals surface area contributed by atoms with Crippen molar-refractivity contribution in [2.45, 2.75) is 56.8 Å². The molecule has 0 radical (unpaired) electrons. The third-order valence-corrected chi connectivity index (χ3v) is 8.87. The van der Waals surface area contributed by atoms with E-state index in [1.165, 1.54) is 31.0 Å². The van der Waals surface area contributed by atoms with Crippen LogP contribution in [-0.4, -0.2) is 78.4 Å². The van der Waals surface area contributed by atoms with E-state index in [-0.39, 0.29) is 11.8 Å². The minimum Gasteiger partial charge on any atom is -0.391 e. The Labute approximate surface area is 238 Å². The molecular weight excluding hydrogens is 528 g/mol. The first-order valence-corrected chi connectivity index (χ1v) is 14.9. The lowest BCUT2D eigenvalue weighted by Gasteiger charge is -2.33. The maximum absolute atomic E-state index is 12.7. The van der Waals surface area contributed by atoms with Gasteiger partial charge in [-0.05, 0) is 79.3 Å². The summed E-state index contributed by atoms with van der Waals surface area (Å²) in [7, 11) is 1.82. The molecule has 2 aliphatic rings. The quantitative estimate of drug-likeness (QED) is 0.401. The third kappa shape index (κ3) is 7.36. The number of aromatic nitrogens is 5. The van der Waals surface area contributed by atoms with Crippen LogP contribution in [0.5, 0.6) is 5.88 Å². The van der Waals surface area contributed by atoms with Gasteiger partial charge in [-0.15, -0.1) is 5.10 Å². The van der Waals surface area contributed by atoms with Crippen LogP contribution in [0.4, 0.5) is 10.5 Å². The van der Waals surface area contributed by atoms with Crippen molar-refractivity contribution in [3.8, 4) is 5.88 Å². The molecule has 40 heavy (non-hydrogen) atoms. The highest BCUT2D eigenvalue weighted by molar-refractivity contribution is 7.99. The minimum atomic E-state index is -0.410. The van der Waals surface area contributed by atoms with Crippen LogP contribution in [0.15, 0.2) is 47.8 Å². The van der Waals surface area contributed by atoms with Gasteiger partial charge in [-0.2, -0.15) is 0 Å². The number of likely N-dealkylation sites (tertiary alicyclic amines) is 2. The number of nitrogens with one attached hydrogen (secondary N) is 1. The van der Waals surface area contributed by atoms with Gasteiger partial charge < -0.3 is 15.0 Å². The second-order valence-electron chi connectivity index (χ2n) is 10.5. The van der Waals surface area contributed by atoms with E-state index in [1.807, 2.05) is 31.3 Å². The number of hydrogen-bond donors (Lipinski definition) is 1. The Morgan fingerprint density at radius 3 is 2.52 bits per heavy atom. The normalized spacial score (nSPS) is 18.4. The van der Waals surface area contributed by atoms with Crippen molar-refractivity contribution in [1.82, 2.24) is 35.0 Å². The molecule has 0 bridgehead atoms. The summed E-state index contributed by atoms with van der Waals surface area (Å²) in [5.41, 5.74) is 2.33. The molecule has 212 valence electrons. The highest BCUT2D eigenvalue weighted by atomic mass is 32.2. The molecule has 3 aromatic rings. The van der Waals surface area contributed by atoms with Crippen LogP contribution in [-0.2, 0) is 13.6 Å². The molecule has 1 aromatic carbocycles. The predicted molar refractivity (Wildman–Crippen MR) is 152 cm³/mol. The number of benzene rings is 1. The van der Waals surface area contributed by atoms with Crippen molar-refractivity contribution in [2.75, 3.05) is 30.7 Å². The van der Waals surface area contributed by atoms with Gasteiger partial charge in [0.2, 0.25) is 11.0 Å². The number of anilines is 1. The molecule has 4 heterocycles. The van der Waals surface area contributed by atoms with Gasteiger partial charge in [0.05, 0.1) is 11.9 Å². The zero-order valence-corrected chi connectivity index (χ0v) is 23.8. The van der Waals surface area contributed by atoms with E-state index in [9.17, 15) is 9.59 Å². The summed E-state index contributed by atoms with van der Waals surface area (Å²) in [6, 6.07) is 11.6. The number of aryl methyl sites for hydroxylation is 1. The molecule has 2 aromatic heterocycles. The first-order chi connectivity index (χ1) is 19.4. The van der Waals surface area contributed by atoms with Crippen LogP contribution in [0.1, 0.15) is 54.9 Å². The molecule has 2 fully saturated rings. The van der Waals surface area contributed by atoms with Gasteiger partial charge >= 0.3 is 6.09 Å². The second kappa shape index (κ2) is 13.2. The number of carbonyl (C=O) groups is 2. The molecular formula is C28H36N8O3S. The van der Waals surface area contributed by atoms with Crippen LogP contribution in [0.2, 0.25) is 0 Å². The van der Waals surface area contributed by atoms with Gasteiger partial charge in [0.1, 0.15) is 0 Å². The van der Waals surface area contributed by atoms with E-state index < -0.39 is 6.09 Å². The van der Waals surface area contributed by atoms with Crippen LogP contribution in [0.25, 0.3) is 0 Å². The number of carbonyl (C=O) groups excluding carboxylic acids is 2. The fourth-order valence-corrected chi connectivity index (χ4v) is 6.11. The molecule has 2 amide bonds. The summed E-state index contributed by atoms with van der Waals surface area (Å²) in [6.07, 6.45) is 6.67. The van der Waals surface area contributed by atoms with Gasteiger partial charge in [0.15, 0.2) is 0 Å². The summed E-state index contributed by atoms with van der Waals surface area (Å²) in [6.45, 7) is 5.58. The summed E-state index contributed by atoms with van der Waals surface area (Å²) < 4.78 is 7.14. The molecule has 1 unspecified atom stereocenters. The van der Waals surface area contributed by atoms with Gasteiger partial charge in [0, 0.05) is 50.1 Å². The average molecular weight is 565 g/mol. The molecule has 0 spiro atoms. The molecule has 1 N–H and O–H groups in total. The van der Waals surface area contributed by atoms with Crippen molar-refractivity contribution < 1.29 is 14.3 Å². The smallest absolute Gasteiger partial charge is 0.391 e. The van der Waals surface area contributed by atoms with Gasteiger partial charge in [-0.25, -0.2) is 14.5 Å². The molecule has 0 saturated carbocycles. The van der Waals surface area contributed by atoms with Crippen molar-refractivity contribution in [2.24, 2.45) is 13.0 Å². The number of rotatable bonds is 8. The zero-order valence-electron chi connectivity index (χ0n) is 23.0. The Balaban J connectivity index is 1.05. The van der Waals surface area contributed by atoms with Crippen LogP contribution in [0.3, 0.4) is 0 Å². The van der Waals surface area contributed by atoms with Crippen LogP contribution >= 0.6 is 11.8 Å². The Morgan fingerprint density at radius 2 is 1.85 bits per heavy atom. The second-order valence-corrected chi connectivity index (χ2v) is 11.5. The van der Waals surface area contributed by atoms with Crippen LogP contribution in [0, 0.1) is 5.92 Å². The largest absolute Gasteiger partial charge is 0.416 e. The Bertz CT molecular complexity index is 1280. The molecule has 12 heteroatoms. The van der Waals surface area contributed by atoms with Gasteiger partial charge in [-0.3, -0.25) is 9.69 Å². The SMILES string of the molecule is CC1CCCCN1Cc1ccc(C(=O)Nc2ccc(OC(=O)N3CCC(CSc4nnnn4C)CC3)nc2)cc1. The molecule has 2 aliphatic heterocycles. The summed E-state index contributed by atoms with van der Waals surface area (Å²) in [4.78, 5) is 33.8. The number of tetrazole rings is 1. The lowest BCUT2D eigenvalue weighted by molar-refractivity contribution is 0.102. The van der Waals surface area contributed by atoms with Gasteiger partial charge in [-0.1, -0.05) is 30.3 Å². The molecule has 0 aliphatic carbocycles. The number of thioether (sulfide) groups is 1. The number of amides is 2. The highest BCUT2D eigenvalue weighted by Gasteiger charge is 2.25. The van der Waals surface area contributed by atoms with E-state index in [2.05, 4.69) is 37.6 Å². The van der Waals surface area contributed by atoms with E-state index in [1.54, 1.807) is 33.5 Å². The Morgan fingerprint density at radius 1 is 1.05 bits per heavy atom. The molecule has 11 nitrogen and oxygen atoms in total. The maximum atomic E-state index is 12.7. The van der Waals surface area contributed by atoms with E-state index >= 15 is 0 Å². The highest BCUT2D eigenvalue weighted by Crippen LogP contribution is 2.25. The van der Waals surface area contributed by atoms with E-state index in [0.29, 0.717) is 36.3 Å². The van der Waals surface area contributed by atoms with Crippen molar-refractivity contribution in [1.29, 1.82) is 0 Å². The molecule has 1 atom stereocenters. The monoisotopic (exact) mass is 564 g/mol. The number of pyridine rings is 1. The lowest BCUT2D eigenvalue weighted by atomic mass is 9.99. The van der Waals surface area contributed by atoms with Crippen molar-refractivity contribution >= 4 is 29.4 Å². The fraction of sp³-hybridized carbons (Fsp3) is 0.500. The Kier molecular flexibility index (Phi) is 9.27. The maximum Gasteiger partial charge on any atom is 0.416 e. The predicted octanol–water partition coefficient (Wildman–Crippen LogP) is 4.23. The standard InChI is InChI=1S/C28H36N8O3S/c1-20-5-3-4-14-36(20)18-21-6-8-23(9-7-21)26(37)30-24-10-11-25(29-17-24)39-28(38)35-15-12-22(13-16-35)19-40-27-31-32-33-34(27)2/h6-11,17,20,22H,3-5,12-16,18-19H2,1-2H3,(H,30,37). The van der Waals surface area contributed by atoms with E-state index in [0.717, 1.165) is 36.8 Å².